The number of nitrogens with zero attached hydrogens (tertiary/aromatic N) is 4. The zero-order chi connectivity index (χ0) is 25.7. The summed E-state index contributed by atoms with van der Waals surface area (Å²) in [6, 6.07) is 15.1. The van der Waals surface area contributed by atoms with Crippen LogP contribution in [0.3, 0.4) is 0 Å². The smallest absolute Gasteiger partial charge is 0.433 e. The minimum absolute atomic E-state index is 0.0575. The summed E-state index contributed by atoms with van der Waals surface area (Å²) in [5.74, 6) is 1.11. The van der Waals surface area contributed by atoms with Crippen LogP contribution in [0.4, 0.5) is 18.9 Å². The molecule has 7 nitrogen and oxygen atoms in total. The van der Waals surface area contributed by atoms with Gasteiger partial charge >= 0.3 is 6.18 Å². The van der Waals surface area contributed by atoms with E-state index in [1.165, 1.54) is 7.11 Å². The minimum Gasteiger partial charge on any atom is -0.497 e. The highest BCUT2D eigenvalue weighted by Crippen LogP contribution is 2.33. The van der Waals surface area contributed by atoms with Crippen molar-refractivity contribution in [2.24, 2.45) is 0 Å². The monoisotopic (exact) mass is 518 g/mol. The first kappa shape index (κ1) is 25.6. The molecular weight excluding hydrogens is 493 g/mol. The van der Waals surface area contributed by atoms with Crippen LogP contribution in [0.1, 0.15) is 5.69 Å². The summed E-state index contributed by atoms with van der Waals surface area (Å²) in [6.07, 6.45) is -4.64. The molecule has 1 fully saturated rings. The van der Waals surface area contributed by atoms with Crippen molar-refractivity contribution in [2.75, 3.05) is 51.1 Å². The lowest BCUT2D eigenvalue weighted by Crippen LogP contribution is -2.49. The third-order valence-electron chi connectivity index (χ3n) is 5.76. The second kappa shape index (κ2) is 11.1. The number of hydrogen-bond donors (Lipinski definition) is 0. The van der Waals surface area contributed by atoms with Crippen LogP contribution < -0.4 is 14.4 Å². The van der Waals surface area contributed by atoms with E-state index in [1.54, 1.807) is 36.3 Å². The fourth-order valence-electron chi connectivity index (χ4n) is 3.85. The van der Waals surface area contributed by atoms with E-state index < -0.39 is 11.9 Å². The number of benzene rings is 2. The first-order valence-electron chi connectivity index (χ1n) is 11.2. The Kier molecular flexibility index (Phi) is 7.88. The summed E-state index contributed by atoms with van der Waals surface area (Å²) in [7, 11) is 3.12. The molecule has 0 atom stereocenters. The Balaban J connectivity index is 1.42. The van der Waals surface area contributed by atoms with Crippen LogP contribution in [0.2, 0.25) is 0 Å². The highest BCUT2D eigenvalue weighted by atomic mass is 32.2. The van der Waals surface area contributed by atoms with E-state index in [-0.39, 0.29) is 22.5 Å². The Bertz CT molecular complexity index is 1200. The molecule has 0 radical (unpaired) electrons. The predicted octanol–water partition coefficient (Wildman–Crippen LogP) is 4.62. The molecule has 1 aliphatic heterocycles. The number of rotatable bonds is 7. The summed E-state index contributed by atoms with van der Waals surface area (Å²) >= 11 is 0.900. The van der Waals surface area contributed by atoms with Crippen molar-refractivity contribution in [3.05, 3.63) is 60.3 Å². The average molecular weight is 519 g/mol. The molecule has 0 unspecified atom stereocenters. The average Bonchev–Trinajstić information content (AvgIpc) is 2.91. The number of carbonyl (C=O) groups is 1. The number of amides is 1. The Morgan fingerprint density at radius 3 is 2.31 bits per heavy atom. The maximum absolute atomic E-state index is 13.5. The molecule has 0 spiro atoms. The molecule has 3 aromatic rings. The van der Waals surface area contributed by atoms with Gasteiger partial charge in [0.25, 0.3) is 0 Å². The zero-order valence-corrected chi connectivity index (χ0v) is 20.6. The van der Waals surface area contributed by atoms with Gasteiger partial charge in [0.05, 0.1) is 31.4 Å². The molecular formula is C25H25F3N4O3S. The van der Waals surface area contributed by atoms with E-state index in [2.05, 4.69) is 14.9 Å². The van der Waals surface area contributed by atoms with Crippen LogP contribution in [0.25, 0.3) is 11.3 Å². The summed E-state index contributed by atoms with van der Waals surface area (Å²) in [6.45, 7) is 2.24. The maximum atomic E-state index is 13.5. The van der Waals surface area contributed by atoms with E-state index in [1.807, 2.05) is 24.3 Å². The molecule has 190 valence electrons. The second-order valence-corrected chi connectivity index (χ2v) is 8.92. The Labute approximate surface area is 211 Å². The van der Waals surface area contributed by atoms with Gasteiger partial charge in [-0.3, -0.25) is 4.79 Å². The van der Waals surface area contributed by atoms with Crippen LogP contribution in [0.5, 0.6) is 11.5 Å². The first-order chi connectivity index (χ1) is 17.3. The standard InChI is InChI=1S/C25H25F3N4O3S/c1-34-18-9-7-17(8-10-18)19-15-22(25(26,27)28)30-24(29-19)36-16-23(33)32-13-11-31(12-14-32)20-5-3-4-6-21(20)35-2/h3-10,15H,11-14,16H2,1-2H3. The topological polar surface area (TPSA) is 67.8 Å². The predicted molar refractivity (Wildman–Crippen MR) is 132 cm³/mol. The Morgan fingerprint density at radius 2 is 1.67 bits per heavy atom. The molecule has 0 aliphatic carbocycles. The summed E-state index contributed by atoms with van der Waals surface area (Å²) in [5, 5.41) is -0.100. The Morgan fingerprint density at radius 1 is 0.972 bits per heavy atom. The number of aromatic nitrogens is 2. The number of piperazine rings is 1. The SMILES string of the molecule is COc1ccc(-c2cc(C(F)(F)F)nc(SCC(=O)N3CCN(c4ccccc4OC)CC3)n2)cc1. The van der Waals surface area contributed by atoms with E-state index in [9.17, 15) is 18.0 Å². The van der Waals surface area contributed by atoms with Crippen LogP contribution in [0, 0.1) is 0 Å². The number of thioether (sulfide) groups is 1. The van der Waals surface area contributed by atoms with E-state index in [0.29, 0.717) is 37.5 Å². The molecule has 0 bridgehead atoms. The number of carbonyl (C=O) groups excluding carboxylic acids is 1. The van der Waals surface area contributed by atoms with Crippen molar-refractivity contribution >= 4 is 23.4 Å². The third kappa shape index (κ3) is 6.01. The third-order valence-corrected chi connectivity index (χ3v) is 6.60. The van der Waals surface area contributed by atoms with Crippen molar-refractivity contribution in [1.82, 2.24) is 14.9 Å². The lowest BCUT2D eigenvalue weighted by Gasteiger charge is -2.36. The van der Waals surface area contributed by atoms with Crippen molar-refractivity contribution in [2.45, 2.75) is 11.3 Å². The van der Waals surface area contributed by atoms with Crippen LogP contribution in [-0.2, 0) is 11.0 Å². The normalized spacial score (nSPS) is 14.0. The molecule has 11 heteroatoms. The van der Waals surface area contributed by atoms with Crippen LogP contribution >= 0.6 is 11.8 Å². The number of para-hydroxylation sites is 2. The molecule has 2 aromatic carbocycles. The van der Waals surface area contributed by atoms with Gasteiger partial charge in [0.15, 0.2) is 5.16 Å². The van der Waals surface area contributed by atoms with E-state index in [0.717, 1.165) is 29.3 Å². The highest BCUT2D eigenvalue weighted by Gasteiger charge is 2.34. The van der Waals surface area contributed by atoms with Crippen LogP contribution in [-0.4, -0.2) is 66.9 Å². The molecule has 1 aromatic heterocycles. The van der Waals surface area contributed by atoms with Gasteiger partial charge in [-0.25, -0.2) is 9.97 Å². The fraction of sp³-hybridized carbons (Fsp3) is 0.320. The van der Waals surface area contributed by atoms with Gasteiger partial charge in [-0.2, -0.15) is 13.2 Å². The summed E-state index contributed by atoms with van der Waals surface area (Å²) < 4.78 is 51.0. The van der Waals surface area contributed by atoms with Crippen molar-refractivity contribution in [3.8, 4) is 22.8 Å². The number of methoxy groups -OCH3 is 2. The quantitative estimate of drug-likeness (QED) is 0.334. The van der Waals surface area contributed by atoms with Gasteiger partial charge in [0, 0.05) is 31.7 Å². The lowest BCUT2D eigenvalue weighted by molar-refractivity contribution is -0.141. The maximum Gasteiger partial charge on any atom is 0.433 e. The van der Waals surface area contributed by atoms with E-state index in [4.69, 9.17) is 9.47 Å². The van der Waals surface area contributed by atoms with Gasteiger partial charge in [-0.05, 0) is 42.5 Å². The number of alkyl halides is 3. The highest BCUT2D eigenvalue weighted by molar-refractivity contribution is 7.99. The molecule has 36 heavy (non-hydrogen) atoms. The molecule has 0 N–H and O–H groups in total. The largest absolute Gasteiger partial charge is 0.497 e. The molecule has 4 rings (SSSR count). The second-order valence-electron chi connectivity index (χ2n) is 7.98. The van der Waals surface area contributed by atoms with Gasteiger partial charge in [-0.15, -0.1) is 0 Å². The van der Waals surface area contributed by atoms with Gasteiger partial charge < -0.3 is 19.3 Å². The van der Waals surface area contributed by atoms with Gasteiger partial charge in [0.2, 0.25) is 5.91 Å². The molecule has 1 aliphatic rings. The number of hydrogen-bond acceptors (Lipinski definition) is 7. The molecule has 0 saturated carbocycles. The summed E-state index contributed by atoms with van der Waals surface area (Å²) in [5.41, 5.74) is 0.526. The first-order valence-corrected chi connectivity index (χ1v) is 12.2. The lowest BCUT2D eigenvalue weighted by atomic mass is 10.1. The van der Waals surface area contributed by atoms with E-state index >= 15 is 0 Å². The minimum atomic E-state index is -4.64. The number of anilines is 1. The zero-order valence-electron chi connectivity index (χ0n) is 19.8. The molecule has 1 saturated heterocycles. The number of halogens is 3. The van der Waals surface area contributed by atoms with Crippen molar-refractivity contribution in [1.29, 1.82) is 0 Å². The van der Waals surface area contributed by atoms with Gasteiger partial charge in [0.1, 0.15) is 17.2 Å². The molecule has 1 amide bonds. The Hall–Kier alpha value is -3.47. The fourth-order valence-corrected chi connectivity index (χ4v) is 4.61. The molecule has 2 heterocycles. The van der Waals surface area contributed by atoms with Gasteiger partial charge in [-0.1, -0.05) is 23.9 Å². The summed E-state index contributed by atoms with van der Waals surface area (Å²) in [4.78, 5) is 24.6. The van der Waals surface area contributed by atoms with Crippen molar-refractivity contribution in [3.63, 3.8) is 0 Å². The number of ether oxygens (including phenoxy) is 2. The van der Waals surface area contributed by atoms with Crippen molar-refractivity contribution < 1.29 is 27.4 Å². The van der Waals surface area contributed by atoms with Crippen LogP contribution in [0.15, 0.2) is 59.8 Å².